The molecule has 2 aromatic heterocycles. The van der Waals surface area contributed by atoms with Crippen LogP contribution >= 0.6 is 22.9 Å². The number of fused-ring (bicyclic) bond motifs is 1. The van der Waals surface area contributed by atoms with Crippen molar-refractivity contribution >= 4 is 50.1 Å². The summed E-state index contributed by atoms with van der Waals surface area (Å²) in [5.41, 5.74) is 1.41. The Labute approximate surface area is 183 Å². The summed E-state index contributed by atoms with van der Waals surface area (Å²) in [6.45, 7) is 2.77. The van der Waals surface area contributed by atoms with E-state index in [4.69, 9.17) is 21.1 Å². The van der Waals surface area contributed by atoms with E-state index in [9.17, 15) is 4.79 Å². The highest BCUT2D eigenvalue weighted by molar-refractivity contribution is 7.21. The van der Waals surface area contributed by atoms with Crippen molar-refractivity contribution in [3.05, 3.63) is 35.5 Å². The molecule has 1 fully saturated rings. The second kappa shape index (κ2) is 8.93. The Hall–Kier alpha value is -2.78. The summed E-state index contributed by atoms with van der Waals surface area (Å²) in [4.78, 5) is 26.9. The van der Waals surface area contributed by atoms with Crippen molar-refractivity contribution in [3.8, 4) is 11.5 Å². The summed E-state index contributed by atoms with van der Waals surface area (Å²) >= 11 is 7.79. The van der Waals surface area contributed by atoms with Gasteiger partial charge in [-0.3, -0.25) is 0 Å². The standard InChI is InChI=1S/C20H22ClN5O3S/c1-28-16-12-17(29-2)15(11-13(16)21)23-19(27)25-7-4-8-26(10-9-25)20-24-14-5-3-6-22-18(14)30-20/h3,5-6,11-12H,4,7-10H2,1-2H3,(H,23,27). The van der Waals surface area contributed by atoms with E-state index >= 15 is 0 Å². The number of halogens is 1. The minimum absolute atomic E-state index is 0.192. The maximum atomic E-state index is 12.9. The molecule has 1 saturated heterocycles. The topological polar surface area (TPSA) is 79.8 Å². The van der Waals surface area contributed by atoms with Crippen molar-refractivity contribution < 1.29 is 14.3 Å². The number of aromatic nitrogens is 2. The van der Waals surface area contributed by atoms with E-state index in [1.54, 1.807) is 34.6 Å². The summed E-state index contributed by atoms with van der Waals surface area (Å²) < 4.78 is 10.6. The monoisotopic (exact) mass is 447 g/mol. The largest absolute Gasteiger partial charge is 0.495 e. The number of hydrogen-bond acceptors (Lipinski definition) is 7. The van der Waals surface area contributed by atoms with Crippen molar-refractivity contribution in [2.24, 2.45) is 0 Å². The lowest BCUT2D eigenvalue weighted by atomic mass is 10.2. The number of anilines is 2. The molecule has 0 aliphatic carbocycles. The highest BCUT2D eigenvalue weighted by atomic mass is 35.5. The van der Waals surface area contributed by atoms with Crippen LogP contribution in [0, 0.1) is 0 Å². The number of nitrogens with zero attached hydrogens (tertiary/aromatic N) is 4. The summed E-state index contributed by atoms with van der Waals surface area (Å²) in [5.74, 6) is 0.977. The van der Waals surface area contributed by atoms with Gasteiger partial charge < -0.3 is 24.6 Å². The number of carbonyl (C=O) groups excluding carboxylic acids is 1. The van der Waals surface area contributed by atoms with Gasteiger partial charge in [0.15, 0.2) is 5.13 Å². The van der Waals surface area contributed by atoms with Crippen molar-refractivity contribution in [3.63, 3.8) is 0 Å². The van der Waals surface area contributed by atoms with E-state index in [1.165, 1.54) is 14.2 Å². The Bertz CT molecular complexity index is 1030. The molecule has 0 spiro atoms. The third-order valence-corrected chi connectivity index (χ3v) is 6.26. The SMILES string of the molecule is COc1cc(OC)c(NC(=O)N2CCCN(c3nc4cccnc4s3)CC2)cc1Cl. The van der Waals surface area contributed by atoms with E-state index in [1.807, 2.05) is 12.1 Å². The lowest BCUT2D eigenvalue weighted by Gasteiger charge is -2.22. The number of amides is 2. The van der Waals surface area contributed by atoms with Gasteiger partial charge in [-0.05, 0) is 24.6 Å². The Balaban J connectivity index is 1.44. The minimum atomic E-state index is -0.192. The number of thiazole rings is 1. The van der Waals surface area contributed by atoms with E-state index in [0.717, 1.165) is 28.4 Å². The highest BCUT2D eigenvalue weighted by Gasteiger charge is 2.22. The summed E-state index contributed by atoms with van der Waals surface area (Å²) in [6, 6.07) is 6.95. The first-order chi connectivity index (χ1) is 14.6. The molecule has 3 aromatic rings. The Morgan fingerprint density at radius 2 is 2.00 bits per heavy atom. The molecule has 0 unspecified atom stereocenters. The Morgan fingerprint density at radius 1 is 1.17 bits per heavy atom. The van der Waals surface area contributed by atoms with Crippen LogP contribution in [0.15, 0.2) is 30.5 Å². The second-order valence-electron chi connectivity index (χ2n) is 6.77. The lowest BCUT2D eigenvalue weighted by Crippen LogP contribution is -2.38. The summed E-state index contributed by atoms with van der Waals surface area (Å²) in [5, 5.41) is 4.25. The molecule has 0 saturated carbocycles. The smallest absolute Gasteiger partial charge is 0.322 e. The number of pyridine rings is 1. The van der Waals surface area contributed by atoms with Gasteiger partial charge in [0.25, 0.3) is 0 Å². The number of benzene rings is 1. The number of methoxy groups -OCH3 is 2. The minimum Gasteiger partial charge on any atom is -0.495 e. The molecule has 1 aliphatic heterocycles. The van der Waals surface area contributed by atoms with Crippen molar-refractivity contribution in [1.82, 2.24) is 14.9 Å². The number of urea groups is 1. The average molecular weight is 448 g/mol. The molecule has 1 N–H and O–H groups in total. The van der Waals surface area contributed by atoms with Gasteiger partial charge in [-0.25, -0.2) is 14.8 Å². The first kappa shape index (κ1) is 20.5. The average Bonchev–Trinajstić information content (AvgIpc) is 3.03. The molecular formula is C20H22ClN5O3S. The number of rotatable bonds is 4. The molecule has 3 heterocycles. The highest BCUT2D eigenvalue weighted by Crippen LogP contribution is 2.36. The molecular weight excluding hydrogens is 426 g/mol. The molecule has 158 valence electrons. The molecule has 8 nitrogen and oxygen atoms in total. The van der Waals surface area contributed by atoms with Crippen LogP contribution < -0.4 is 19.7 Å². The normalized spacial score (nSPS) is 14.5. The zero-order valence-corrected chi connectivity index (χ0v) is 18.3. The van der Waals surface area contributed by atoms with E-state index < -0.39 is 0 Å². The zero-order chi connectivity index (χ0) is 21.1. The fraction of sp³-hybridized carbons (Fsp3) is 0.350. The quantitative estimate of drug-likeness (QED) is 0.648. The molecule has 0 radical (unpaired) electrons. The van der Waals surface area contributed by atoms with Crippen LogP contribution in [0.25, 0.3) is 10.3 Å². The Morgan fingerprint density at radius 3 is 2.77 bits per heavy atom. The molecule has 0 bridgehead atoms. The molecule has 10 heteroatoms. The zero-order valence-electron chi connectivity index (χ0n) is 16.7. The number of nitrogens with one attached hydrogen (secondary N) is 1. The predicted molar refractivity (Wildman–Crippen MR) is 119 cm³/mol. The van der Waals surface area contributed by atoms with Gasteiger partial charge >= 0.3 is 6.03 Å². The van der Waals surface area contributed by atoms with Gasteiger partial charge in [-0.2, -0.15) is 0 Å². The van der Waals surface area contributed by atoms with E-state index in [-0.39, 0.29) is 6.03 Å². The van der Waals surface area contributed by atoms with Gasteiger partial charge in [0.1, 0.15) is 21.8 Å². The number of hydrogen-bond donors (Lipinski definition) is 1. The van der Waals surface area contributed by atoms with Crippen LogP contribution in [0.2, 0.25) is 5.02 Å². The summed E-state index contributed by atoms with van der Waals surface area (Å²) in [6.07, 6.45) is 2.62. The van der Waals surface area contributed by atoms with E-state index in [2.05, 4.69) is 20.2 Å². The van der Waals surface area contributed by atoms with Crippen molar-refractivity contribution in [2.75, 3.05) is 50.6 Å². The molecule has 2 amide bonds. The van der Waals surface area contributed by atoms with Crippen LogP contribution in [-0.2, 0) is 0 Å². The fourth-order valence-electron chi connectivity index (χ4n) is 3.36. The first-order valence-electron chi connectivity index (χ1n) is 9.53. The van der Waals surface area contributed by atoms with Gasteiger partial charge in [-0.1, -0.05) is 22.9 Å². The predicted octanol–water partition coefficient (Wildman–Crippen LogP) is 4.11. The van der Waals surface area contributed by atoms with Crippen molar-refractivity contribution in [2.45, 2.75) is 6.42 Å². The van der Waals surface area contributed by atoms with Crippen LogP contribution in [0.1, 0.15) is 6.42 Å². The van der Waals surface area contributed by atoms with Crippen molar-refractivity contribution in [1.29, 1.82) is 0 Å². The van der Waals surface area contributed by atoms with Crippen LogP contribution in [-0.4, -0.2) is 61.3 Å². The number of ether oxygens (including phenoxy) is 2. The molecule has 0 atom stereocenters. The van der Waals surface area contributed by atoms with E-state index in [0.29, 0.717) is 41.8 Å². The third-order valence-electron chi connectivity index (χ3n) is 4.92. The fourth-order valence-corrected chi connectivity index (χ4v) is 4.56. The third kappa shape index (κ3) is 4.22. The van der Waals surface area contributed by atoms with Gasteiger partial charge in [0.2, 0.25) is 0 Å². The summed E-state index contributed by atoms with van der Waals surface area (Å²) in [7, 11) is 3.07. The molecule has 4 rings (SSSR count). The second-order valence-corrected chi connectivity index (χ2v) is 8.13. The number of carbonyl (C=O) groups is 1. The first-order valence-corrected chi connectivity index (χ1v) is 10.7. The van der Waals surface area contributed by atoms with Gasteiger partial charge in [0.05, 0.1) is 24.9 Å². The Kier molecular flexibility index (Phi) is 6.10. The van der Waals surface area contributed by atoms with Crippen LogP contribution in [0.5, 0.6) is 11.5 Å². The maximum Gasteiger partial charge on any atom is 0.322 e. The van der Waals surface area contributed by atoms with Gasteiger partial charge in [-0.15, -0.1) is 0 Å². The van der Waals surface area contributed by atoms with Crippen LogP contribution in [0.4, 0.5) is 15.6 Å². The maximum absolute atomic E-state index is 12.9. The molecule has 1 aliphatic rings. The molecule has 30 heavy (non-hydrogen) atoms. The molecule has 1 aromatic carbocycles. The van der Waals surface area contributed by atoms with Crippen LogP contribution in [0.3, 0.4) is 0 Å². The lowest BCUT2D eigenvalue weighted by molar-refractivity contribution is 0.215. The van der Waals surface area contributed by atoms with Gasteiger partial charge in [0, 0.05) is 38.4 Å².